The molecule has 2 aromatic carbocycles. The van der Waals surface area contributed by atoms with E-state index in [1.54, 1.807) is 0 Å². The molecule has 0 aromatic heterocycles. The molecule has 2 N–H and O–H groups in total. The summed E-state index contributed by atoms with van der Waals surface area (Å²) in [5.74, 6) is 1.10. The smallest absolute Gasteiger partial charge is 0.00723 e. The van der Waals surface area contributed by atoms with Crippen LogP contribution in [-0.4, -0.2) is 12.3 Å². The first-order valence-corrected chi connectivity index (χ1v) is 7.29. The largest absolute Gasteiger partial charge is 0.330 e. The van der Waals surface area contributed by atoms with Crippen molar-refractivity contribution in [2.45, 2.75) is 18.2 Å². The van der Waals surface area contributed by atoms with E-state index in [2.05, 4.69) is 55.5 Å². The summed E-state index contributed by atoms with van der Waals surface area (Å²) in [6.45, 7) is 2.92. The highest BCUT2D eigenvalue weighted by molar-refractivity contribution is 7.99. The van der Waals surface area contributed by atoms with Crippen molar-refractivity contribution in [2.75, 3.05) is 12.3 Å². The molecule has 0 aliphatic carbocycles. The average Bonchev–Trinajstić information content (AvgIpc) is 2.41. The fourth-order valence-corrected chi connectivity index (χ4v) is 2.78. The maximum absolute atomic E-state index is 5.50. The van der Waals surface area contributed by atoms with Crippen molar-refractivity contribution < 1.29 is 0 Å². The Bertz CT molecular complexity index is 491. The highest BCUT2D eigenvalue weighted by Gasteiger charge is 2.01. The summed E-state index contributed by atoms with van der Waals surface area (Å²) in [5.41, 5.74) is 9.42. The Kier molecular flexibility index (Phi) is 4.85. The molecule has 0 saturated heterocycles. The maximum Gasteiger partial charge on any atom is 0.00723 e. The molecule has 0 aliphatic rings. The second kappa shape index (κ2) is 6.62. The van der Waals surface area contributed by atoms with Gasteiger partial charge in [-0.1, -0.05) is 36.4 Å². The lowest BCUT2D eigenvalue weighted by Crippen LogP contribution is -1.99. The first-order valence-electron chi connectivity index (χ1n) is 6.30. The molecule has 2 heteroatoms. The van der Waals surface area contributed by atoms with Crippen molar-refractivity contribution >= 4 is 11.8 Å². The summed E-state index contributed by atoms with van der Waals surface area (Å²) in [5, 5.41) is 0. The van der Waals surface area contributed by atoms with Crippen molar-refractivity contribution in [1.29, 1.82) is 0 Å². The normalized spacial score (nSPS) is 10.6. The average molecular weight is 257 g/mol. The third-order valence-electron chi connectivity index (χ3n) is 2.93. The molecule has 0 bridgehead atoms. The molecular weight excluding hydrogens is 238 g/mol. The molecule has 0 spiro atoms. The van der Waals surface area contributed by atoms with Crippen LogP contribution in [0.1, 0.15) is 12.0 Å². The number of benzene rings is 2. The SMILES string of the molecule is Cc1ccccc1-c1ccc(SCCCN)cc1. The molecular formula is C16H19NS. The monoisotopic (exact) mass is 257 g/mol. The van der Waals surface area contributed by atoms with Gasteiger partial charge in [-0.25, -0.2) is 0 Å². The van der Waals surface area contributed by atoms with Crippen LogP contribution in [0.15, 0.2) is 53.4 Å². The van der Waals surface area contributed by atoms with E-state index in [0.717, 1.165) is 18.7 Å². The van der Waals surface area contributed by atoms with Gasteiger partial charge in [0, 0.05) is 4.90 Å². The Labute approximate surface area is 113 Å². The van der Waals surface area contributed by atoms with Gasteiger partial charge >= 0.3 is 0 Å². The minimum Gasteiger partial charge on any atom is -0.330 e. The zero-order valence-electron chi connectivity index (χ0n) is 10.7. The predicted molar refractivity (Wildman–Crippen MR) is 81.0 cm³/mol. The second-order valence-electron chi connectivity index (χ2n) is 4.33. The van der Waals surface area contributed by atoms with E-state index in [1.165, 1.54) is 21.6 Å². The van der Waals surface area contributed by atoms with Crippen LogP contribution in [0.2, 0.25) is 0 Å². The van der Waals surface area contributed by atoms with Gasteiger partial charge in [-0.15, -0.1) is 11.8 Å². The van der Waals surface area contributed by atoms with Gasteiger partial charge in [0.1, 0.15) is 0 Å². The van der Waals surface area contributed by atoms with Crippen molar-refractivity contribution in [3.63, 3.8) is 0 Å². The third kappa shape index (κ3) is 3.37. The fraction of sp³-hybridized carbons (Fsp3) is 0.250. The predicted octanol–water partition coefficient (Wildman–Crippen LogP) is 4.10. The molecule has 0 radical (unpaired) electrons. The van der Waals surface area contributed by atoms with Gasteiger partial charge in [0.25, 0.3) is 0 Å². The number of rotatable bonds is 5. The first kappa shape index (κ1) is 13.2. The summed E-state index contributed by atoms with van der Waals surface area (Å²) in [7, 11) is 0. The zero-order valence-corrected chi connectivity index (χ0v) is 11.5. The van der Waals surface area contributed by atoms with Crippen molar-refractivity contribution in [3.05, 3.63) is 54.1 Å². The minimum absolute atomic E-state index is 0.772. The highest BCUT2D eigenvalue weighted by Crippen LogP contribution is 2.26. The van der Waals surface area contributed by atoms with Crippen molar-refractivity contribution in [2.24, 2.45) is 5.73 Å². The number of thioether (sulfide) groups is 1. The summed E-state index contributed by atoms with van der Waals surface area (Å²) in [6.07, 6.45) is 1.07. The molecule has 0 fully saturated rings. The van der Waals surface area contributed by atoms with Crippen molar-refractivity contribution in [3.8, 4) is 11.1 Å². The molecule has 0 unspecified atom stereocenters. The van der Waals surface area contributed by atoms with Crippen LogP contribution in [0, 0.1) is 6.92 Å². The van der Waals surface area contributed by atoms with E-state index >= 15 is 0 Å². The summed E-state index contributed by atoms with van der Waals surface area (Å²) in [6, 6.07) is 17.3. The van der Waals surface area contributed by atoms with Crippen LogP contribution in [0.5, 0.6) is 0 Å². The number of hydrogen-bond acceptors (Lipinski definition) is 2. The Morgan fingerprint density at radius 1 is 1.00 bits per heavy atom. The maximum atomic E-state index is 5.50. The van der Waals surface area contributed by atoms with Crippen LogP contribution >= 0.6 is 11.8 Å². The van der Waals surface area contributed by atoms with E-state index in [0.29, 0.717) is 0 Å². The Morgan fingerprint density at radius 3 is 2.39 bits per heavy atom. The van der Waals surface area contributed by atoms with Gasteiger partial charge in [-0.2, -0.15) is 0 Å². The van der Waals surface area contributed by atoms with Gasteiger partial charge in [0.2, 0.25) is 0 Å². The molecule has 94 valence electrons. The van der Waals surface area contributed by atoms with Crippen LogP contribution < -0.4 is 5.73 Å². The zero-order chi connectivity index (χ0) is 12.8. The van der Waals surface area contributed by atoms with Gasteiger partial charge < -0.3 is 5.73 Å². The van der Waals surface area contributed by atoms with Gasteiger partial charge in [-0.05, 0) is 54.5 Å². The molecule has 1 nitrogen and oxygen atoms in total. The lowest BCUT2D eigenvalue weighted by atomic mass is 10.0. The minimum atomic E-state index is 0.772. The van der Waals surface area contributed by atoms with Crippen LogP contribution in [0.4, 0.5) is 0 Å². The lowest BCUT2D eigenvalue weighted by Gasteiger charge is -2.07. The summed E-state index contributed by atoms with van der Waals surface area (Å²) < 4.78 is 0. The fourth-order valence-electron chi connectivity index (χ4n) is 1.90. The second-order valence-corrected chi connectivity index (χ2v) is 5.50. The van der Waals surface area contributed by atoms with E-state index in [1.807, 2.05) is 11.8 Å². The number of hydrogen-bond donors (Lipinski definition) is 1. The van der Waals surface area contributed by atoms with Gasteiger partial charge in [0.15, 0.2) is 0 Å². The van der Waals surface area contributed by atoms with E-state index in [-0.39, 0.29) is 0 Å². The van der Waals surface area contributed by atoms with Crippen LogP contribution in [-0.2, 0) is 0 Å². The van der Waals surface area contributed by atoms with E-state index < -0.39 is 0 Å². The molecule has 0 saturated carbocycles. The third-order valence-corrected chi connectivity index (χ3v) is 4.03. The van der Waals surface area contributed by atoms with Crippen LogP contribution in [0.25, 0.3) is 11.1 Å². The molecule has 2 aromatic rings. The molecule has 0 amide bonds. The summed E-state index contributed by atoms with van der Waals surface area (Å²) >= 11 is 1.87. The lowest BCUT2D eigenvalue weighted by molar-refractivity contribution is 0.943. The number of aryl methyl sites for hydroxylation is 1. The molecule has 18 heavy (non-hydrogen) atoms. The molecule has 0 atom stereocenters. The quantitative estimate of drug-likeness (QED) is 0.644. The summed E-state index contributed by atoms with van der Waals surface area (Å²) in [4.78, 5) is 1.32. The van der Waals surface area contributed by atoms with Crippen molar-refractivity contribution in [1.82, 2.24) is 0 Å². The highest BCUT2D eigenvalue weighted by atomic mass is 32.2. The molecule has 0 heterocycles. The van der Waals surface area contributed by atoms with Gasteiger partial charge in [-0.3, -0.25) is 0 Å². The van der Waals surface area contributed by atoms with Gasteiger partial charge in [0.05, 0.1) is 0 Å². The van der Waals surface area contributed by atoms with Crippen LogP contribution in [0.3, 0.4) is 0 Å². The Morgan fingerprint density at radius 2 is 1.72 bits per heavy atom. The topological polar surface area (TPSA) is 26.0 Å². The Balaban J connectivity index is 2.10. The first-order chi connectivity index (χ1) is 8.81. The molecule has 0 aliphatic heterocycles. The number of nitrogens with two attached hydrogens (primary N) is 1. The Hall–Kier alpha value is -1.25. The van der Waals surface area contributed by atoms with E-state index in [4.69, 9.17) is 5.73 Å². The molecule has 2 rings (SSSR count). The standard InChI is InChI=1S/C16H19NS/c1-13-5-2-3-6-16(13)14-7-9-15(10-8-14)18-12-4-11-17/h2-3,5-10H,4,11-12,17H2,1H3. The van der Waals surface area contributed by atoms with E-state index in [9.17, 15) is 0 Å².